The van der Waals surface area contributed by atoms with Crippen molar-refractivity contribution in [3.05, 3.63) is 57.3 Å². The van der Waals surface area contributed by atoms with E-state index in [1.54, 1.807) is 25.3 Å². The van der Waals surface area contributed by atoms with Gasteiger partial charge in [0.2, 0.25) is 0 Å². The quantitative estimate of drug-likeness (QED) is 0.683. The van der Waals surface area contributed by atoms with Gasteiger partial charge in [-0.3, -0.25) is 10.1 Å². The number of hydrogen-bond acceptors (Lipinski definition) is 5. The van der Waals surface area contributed by atoms with Crippen molar-refractivity contribution in [3.63, 3.8) is 0 Å². The van der Waals surface area contributed by atoms with Gasteiger partial charge in [-0.25, -0.2) is 4.98 Å². The van der Waals surface area contributed by atoms with Gasteiger partial charge in [0.1, 0.15) is 12.4 Å². The summed E-state index contributed by atoms with van der Waals surface area (Å²) in [5.41, 5.74) is 7.84. The second-order valence-electron chi connectivity index (χ2n) is 4.57. The van der Waals surface area contributed by atoms with E-state index in [2.05, 4.69) is 4.98 Å². The molecule has 0 unspecified atom stereocenters. The van der Waals surface area contributed by atoms with E-state index in [9.17, 15) is 10.1 Å². The van der Waals surface area contributed by atoms with Crippen LogP contribution in [0.15, 0.2) is 30.5 Å². The van der Waals surface area contributed by atoms with Crippen molar-refractivity contribution in [2.24, 2.45) is 0 Å². The molecule has 6 nitrogen and oxygen atoms in total. The first-order chi connectivity index (χ1) is 9.47. The molecule has 1 heterocycles. The third kappa shape index (κ3) is 3.03. The lowest BCUT2D eigenvalue weighted by Gasteiger charge is -2.10. The first-order valence-corrected chi connectivity index (χ1v) is 6.06. The third-order valence-electron chi connectivity index (χ3n) is 2.83. The van der Waals surface area contributed by atoms with Gasteiger partial charge in [0.05, 0.1) is 4.92 Å². The van der Waals surface area contributed by atoms with Crippen LogP contribution in [-0.4, -0.2) is 9.91 Å². The highest BCUT2D eigenvalue weighted by atomic mass is 16.6. The molecule has 20 heavy (non-hydrogen) atoms. The van der Waals surface area contributed by atoms with Gasteiger partial charge in [-0.1, -0.05) is 12.1 Å². The van der Waals surface area contributed by atoms with Crippen molar-refractivity contribution in [2.45, 2.75) is 20.5 Å². The summed E-state index contributed by atoms with van der Waals surface area (Å²) in [5.74, 6) is 0.712. The SMILES string of the molecule is Cc1cc(C)c(OCc2ccc(N)nc2)c([N+](=O)[O-])c1. The highest BCUT2D eigenvalue weighted by Crippen LogP contribution is 2.32. The smallest absolute Gasteiger partial charge is 0.311 e. The molecule has 1 aromatic carbocycles. The number of anilines is 1. The fourth-order valence-electron chi connectivity index (χ4n) is 1.93. The maximum atomic E-state index is 11.1. The number of hydrogen-bond donors (Lipinski definition) is 1. The summed E-state index contributed by atoms with van der Waals surface area (Å²) in [7, 11) is 0. The van der Waals surface area contributed by atoms with Gasteiger partial charge in [0.25, 0.3) is 0 Å². The van der Waals surface area contributed by atoms with E-state index < -0.39 is 4.92 Å². The topological polar surface area (TPSA) is 91.3 Å². The van der Waals surface area contributed by atoms with Crippen molar-refractivity contribution in [1.82, 2.24) is 4.98 Å². The molecule has 0 radical (unpaired) electrons. The van der Waals surface area contributed by atoms with Gasteiger partial charge >= 0.3 is 5.69 Å². The number of benzene rings is 1. The Bertz CT molecular complexity index is 639. The molecule has 0 saturated heterocycles. The Labute approximate surface area is 116 Å². The van der Waals surface area contributed by atoms with Crippen LogP contribution in [0.2, 0.25) is 0 Å². The summed E-state index contributed by atoms with van der Waals surface area (Å²) >= 11 is 0. The van der Waals surface area contributed by atoms with Crippen LogP contribution in [0.5, 0.6) is 5.75 Å². The highest BCUT2D eigenvalue weighted by molar-refractivity contribution is 5.53. The number of nitro benzene ring substituents is 1. The minimum atomic E-state index is -0.434. The van der Waals surface area contributed by atoms with E-state index in [-0.39, 0.29) is 18.0 Å². The summed E-state index contributed by atoms with van der Waals surface area (Å²) in [5, 5.41) is 11.1. The summed E-state index contributed by atoms with van der Waals surface area (Å²) in [6.45, 7) is 3.81. The number of nitrogen functional groups attached to an aromatic ring is 1. The van der Waals surface area contributed by atoms with Gasteiger partial charge in [-0.2, -0.15) is 0 Å². The number of aryl methyl sites for hydroxylation is 2. The minimum Gasteiger partial charge on any atom is -0.482 e. The molecule has 0 fully saturated rings. The lowest BCUT2D eigenvalue weighted by Crippen LogP contribution is -2.02. The number of aromatic nitrogens is 1. The summed E-state index contributed by atoms with van der Waals surface area (Å²) in [6.07, 6.45) is 1.59. The Hall–Kier alpha value is -2.63. The fraction of sp³-hybridized carbons (Fsp3) is 0.214. The number of nitrogens with zero attached hydrogens (tertiary/aromatic N) is 2. The van der Waals surface area contributed by atoms with Crippen LogP contribution in [-0.2, 0) is 6.61 Å². The molecular weight excluding hydrogens is 258 g/mol. The zero-order valence-electron chi connectivity index (χ0n) is 11.3. The Kier molecular flexibility index (Phi) is 3.84. The van der Waals surface area contributed by atoms with Gasteiger partial charge < -0.3 is 10.5 Å². The molecule has 104 valence electrons. The van der Waals surface area contributed by atoms with E-state index in [0.29, 0.717) is 5.82 Å². The van der Waals surface area contributed by atoms with Crippen LogP contribution in [0, 0.1) is 24.0 Å². The summed E-state index contributed by atoms with van der Waals surface area (Å²) < 4.78 is 5.59. The predicted octanol–water partition coefficient (Wildman–Crippen LogP) is 2.77. The standard InChI is InChI=1S/C14H15N3O3/c1-9-5-10(2)14(12(6-9)17(18)19)20-8-11-3-4-13(15)16-7-11/h3-7H,8H2,1-2H3,(H2,15,16). The summed E-state index contributed by atoms with van der Waals surface area (Å²) in [6, 6.07) is 6.79. The van der Waals surface area contributed by atoms with E-state index in [1.165, 1.54) is 6.07 Å². The van der Waals surface area contributed by atoms with E-state index in [4.69, 9.17) is 10.5 Å². The molecule has 0 bridgehead atoms. The first kappa shape index (κ1) is 13.8. The molecule has 0 atom stereocenters. The number of ether oxygens (including phenoxy) is 1. The fourth-order valence-corrected chi connectivity index (χ4v) is 1.93. The number of pyridine rings is 1. The number of nitro groups is 1. The second-order valence-corrected chi connectivity index (χ2v) is 4.57. The average Bonchev–Trinajstić information content (AvgIpc) is 2.38. The molecule has 0 aliphatic carbocycles. The lowest BCUT2D eigenvalue weighted by molar-refractivity contribution is -0.386. The van der Waals surface area contributed by atoms with Crippen LogP contribution < -0.4 is 10.5 Å². The normalized spacial score (nSPS) is 10.3. The molecule has 0 spiro atoms. The van der Waals surface area contributed by atoms with Crippen molar-refractivity contribution in [2.75, 3.05) is 5.73 Å². The molecular formula is C14H15N3O3. The molecule has 0 aliphatic heterocycles. The Balaban J connectivity index is 2.24. The van der Waals surface area contributed by atoms with Gasteiger partial charge in [0.15, 0.2) is 5.75 Å². The first-order valence-electron chi connectivity index (χ1n) is 6.06. The maximum absolute atomic E-state index is 11.1. The van der Waals surface area contributed by atoms with Gasteiger partial charge in [-0.15, -0.1) is 0 Å². The van der Waals surface area contributed by atoms with Crippen molar-refractivity contribution >= 4 is 11.5 Å². The zero-order chi connectivity index (χ0) is 14.7. The van der Waals surface area contributed by atoms with Crippen LogP contribution in [0.4, 0.5) is 11.5 Å². The minimum absolute atomic E-state index is 0.0223. The van der Waals surface area contributed by atoms with Gasteiger partial charge in [-0.05, 0) is 31.0 Å². The third-order valence-corrected chi connectivity index (χ3v) is 2.83. The lowest BCUT2D eigenvalue weighted by atomic mass is 10.1. The van der Waals surface area contributed by atoms with Gasteiger partial charge in [0, 0.05) is 17.8 Å². The molecule has 0 saturated carbocycles. The van der Waals surface area contributed by atoms with Crippen LogP contribution in [0.25, 0.3) is 0 Å². The molecule has 2 N–H and O–H groups in total. The number of rotatable bonds is 4. The molecule has 0 aliphatic rings. The number of nitrogens with two attached hydrogens (primary N) is 1. The Morgan fingerprint density at radius 1 is 1.35 bits per heavy atom. The molecule has 1 aromatic heterocycles. The largest absolute Gasteiger partial charge is 0.482 e. The zero-order valence-corrected chi connectivity index (χ0v) is 11.3. The molecule has 2 aromatic rings. The van der Waals surface area contributed by atoms with E-state index in [0.717, 1.165) is 16.7 Å². The molecule has 6 heteroatoms. The highest BCUT2D eigenvalue weighted by Gasteiger charge is 2.18. The van der Waals surface area contributed by atoms with Crippen LogP contribution in [0.3, 0.4) is 0 Å². The second kappa shape index (κ2) is 5.56. The van der Waals surface area contributed by atoms with E-state index >= 15 is 0 Å². The molecule has 0 amide bonds. The Morgan fingerprint density at radius 2 is 2.10 bits per heavy atom. The van der Waals surface area contributed by atoms with E-state index in [1.807, 2.05) is 13.0 Å². The molecule has 2 rings (SSSR count). The average molecular weight is 273 g/mol. The predicted molar refractivity (Wildman–Crippen MR) is 75.6 cm³/mol. The summed E-state index contributed by atoms with van der Waals surface area (Å²) in [4.78, 5) is 14.6. The van der Waals surface area contributed by atoms with Crippen molar-refractivity contribution in [1.29, 1.82) is 0 Å². The Morgan fingerprint density at radius 3 is 2.70 bits per heavy atom. The van der Waals surface area contributed by atoms with Crippen molar-refractivity contribution < 1.29 is 9.66 Å². The maximum Gasteiger partial charge on any atom is 0.311 e. The van der Waals surface area contributed by atoms with Crippen LogP contribution >= 0.6 is 0 Å². The van der Waals surface area contributed by atoms with Crippen molar-refractivity contribution in [3.8, 4) is 5.75 Å². The monoisotopic (exact) mass is 273 g/mol. The van der Waals surface area contributed by atoms with Crippen LogP contribution in [0.1, 0.15) is 16.7 Å².